The van der Waals surface area contributed by atoms with E-state index in [-0.39, 0.29) is 23.6 Å². The maximum absolute atomic E-state index is 13.7. The van der Waals surface area contributed by atoms with Gasteiger partial charge in [0.05, 0.1) is 0 Å². The van der Waals surface area contributed by atoms with Crippen LogP contribution in [0.15, 0.2) is 36.9 Å². The summed E-state index contributed by atoms with van der Waals surface area (Å²) in [6.07, 6.45) is 2.73. The van der Waals surface area contributed by atoms with Crippen molar-refractivity contribution in [3.63, 3.8) is 0 Å². The van der Waals surface area contributed by atoms with Gasteiger partial charge >= 0.3 is 0 Å². The number of para-hydroxylation sites is 1. The van der Waals surface area contributed by atoms with E-state index in [0.717, 1.165) is 11.3 Å². The largest absolute Gasteiger partial charge is 0.342 e. The molecule has 0 bridgehead atoms. The lowest BCUT2D eigenvalue weighted by Crippen LogP contribution is -2.66. The first-order chi connectivity index (χ1) is 14.6. The van der Waals surface area contributed by atoms with Gasteiger partial charge in [0.2, 0.25) is 17.7 Å². The van der Waals surface area contributed by atoms with Gasteiger partial charge in [-0.2, -0.15) is 0 Å². The second-order valence-corrected chi connectivity index (χ2v) is 10.1. The molecule has 4 unspecified atom stereocenters. The molecule has 0 aliphatic carbocycles. The Kier molecular flexibility index (Phi) is 5.02. The number of allylic oxidation sites excluding steroid dienone is 1. The molecule has 3 heterocycles. The summed E-state index contributed by atoms with van der Waals surface area (Å²) in [4.78, 5) is 43.7. The van der Waals surface area contributed by atoms with Crippen LogP contribution in [-0.4, -0.2) is 40.9 Å². The fourth-order valence-electron chi connectivity index (χ4n) is 5.90. The van der Waals surface area contributed by atoms with Crippen molar-refractivity contribution in [1.82, 2.24) is 10.2 Å². The number of amides is 3. The second kappa shape index (κ2) is 7.21. The first-order valence-corrected chi connectivity index (χ1v) is 11.3. The van der Waals surface area contributed by atoms with Crippen molar-refractivity contribution in [3.05, 3.63) is 42.5 Å². The number of hydrogen-bond acceptors (Lipinski definition) is 3. The molecule has 6 nitrogen and oxygen atoms in total. The standard InChI is InChI=1S/C25H33N3O3/c1-7-20(29)27-18-12-10-9-11-16(18)25(24(5,6)8-2)14-19-21(30)26-17(13-15(3)4)22(31)28(19)23(25)27/h8-12,15,17,19,23H,2,7,13-14H2,1,3-6H3,(H,26,30). The van der Waals surface area contributed by atoms with Crippen molar-refractivity contribution < 1.29 is 14.4 Å². The van der Waals surface area contributed by atoms with E-state index in [1.165, 1.54) is 0 Å². The Labute approximate surface area is 184 Å². The Morgan fingerprint density at radius 1 is 1.32 bits per heavy atom. The zero-order valence-corrected chi connectivity index (χ0v) is 19.1. The molecule has 1 aromatic carbocycles. The minimum Gasteiger partial charge on any atom is -0.342 e. The molecule has 2 fully saturated rings. The van der Waals surface area contributed by atoms with Gasteiger partial charge in [-0.1, -0.05) is 58.9 Å². The van der Waals surface area contributed by atoms with E-state index >= 15 is 0 Å². The third-order valence-corrected chi connectivity index (χ3v) is 7.55. The van der Waals surface area contributed by atoms with E-state index in [0.29, 0.717) is 19.3 Å². The van der Waals surface area contributed by atoms with E-state index in [1.54, 1.807) is 9.80 Å². The van der Waals surface area contributed by atoms with Gasteiger partial charge in [0.15, 0.2) is 0 Å². The third kappa shape index (κ3) is 2.80. The maximum atomic E-state index is 13.7. The monoisotopic (exact) mass is 423 g/mol. The van der Waals surface area contributed by atoms with E-state index < -0.39 is 29.1 Å². The summed E-state index contributed by atoms with van der Waals surface area (Å²) in [5, 5.41) is 2.97. The highest BCUT2D eigenvalue weighted by atomic mass is 16.2. The highest BCUT2D eigenvalue weighted by molar-refractivity contribution is 6.03. The summed E-state index contributed by atoms with van der Waals surface area (Å²) in [6.45, 7) is 14.2. The zero-order valence-electron chi connectivity index (χ0n) is 19.1. The van der Waals surface area contributed by atoms with Crippen LogP contribution in [0.1, 0.15) is 59.4 Å². The van der Waals surface area contributed by atoms with Gasteiger partial charge < -0.3 is 10.2 Å². The number of rotatable bonds is 5. The summed E-state index contributed by atoms with van der Waals surface area (Å²) in [5.74, 6) is 0.00275. The highest BCUT2D eigenvalue weighted by Crippen LogP contribution is 2.62. The fourth-order valence-corrected chi connectivity index (χ4v) is 5.90. The van der Waals surface area contributed by atoms with Gasteiger partial charge in [0.25, 0.3) is 0 Å². The van der Waals surface area contributed by atoms with E-state index in [4.69, 9.17) is 0 Å². The Bertz CT molecular complexity index is 953. The molecule has 4 atom stereocenters. The molecule has 3 aliphatic rings. The number of nitrogens with zero attached hydrogens (tertiary/aromatic N) is 2. The molecule has 166 valence electrons. The molecular weight excluding hydrogens is 390 g/mol. The first-order valence-electron chi connectivity index (χ1n) is 11.3. The number of nitrogens with one attached hydrogen (secondary N) is 1. The molecule has 6 heteroatoms. The number of anilines is 1. The van der Waals surface area contributed by atoms with Crippen LogP contribution in [0, 0.1) is 11.3 Å². The van der Waals surface area contributed by atoms with E-state index in [2.05, 4.69) is 25.7 Å². The Morgan fingerprint density at radius 3 is 2.61 bits per heavy atom. The van der Waals surface area contributed by atoms with Gasteiger partial charge in [0.1, 0.15) is 18.2 Å². The average molecular weight is 424 g/mol. The van der Waals surface area contributed by atoms with Crippen molar-refractivity contribution in [2.75, 3.05) is 4.90 Å². The number of carbonyl (C=O) groups excluding carboxylic acids is 3. The fraction of sp³-hybridized carbons (Fsp3) is 0.560. The van der Waals surface area contributed by atoms with Crippen LogP contribution in [0.5, 0.6) is 0 Å². The van der Waals surface area contributed by atoms with Crippen LogP contribution in [0.4, 0.5) is 5.69 Å². The van der Waals surface area contributed by atoms with E-state index in [1.807, 2.05) is 51.1 Å². The molecule has 1 N–H and O–H groups in total. The summed E-state index contributed by atoms with van der Waals surface area (Å²) in [7, 11) is 0. The number of carbonyl (C=O) groups is 3. The van der Waals surface area contributed by atoms with Gasteiger partial charge in [-0.25, -0.2) is 0 Å². The summed E-state index contributed by atoms with van der Waals surface area (Å²) in [6, 6.07) is 6.74. The second-order valence-electron chi connectivity index (χ2n) is 10.1. The molecule has 1 aromatic rings. The minimum atomic E-state index is -0.611. The number of hydrogen-bond donors (Lipinski definition) is 1. The van der Waals surface area contributed by atoms with Crippen molar-refractivity contribution in [3.8, 4) is 0 Å². The topological polar surface area (TPSA) is 69.7 Å². The first kappa shape index (κ1) is 21.6. The number of benzene rings is 1. The number of piperazine rings is 1. The molecule has 4 rings (SSSR count). The molecule has 2 saturated heterocycles. The predicted octanol–water partition coefficient (Wildman–Crippen LogP) is 3.36. The molecular formula is C25H33N3O3. The summed E-state index contributed by atoms with van der Waals surface area (Å²) < 4.78 is 0. The van der Waals surface area contributed by atoms with Gasteiger partial charge in [-0.05, 0) is 35.8 Å². The third-order valence-electron chi connectivity index (χ3n) is 7.55. The van der Waals surface area contributed by atoms with Crippen LogP contribution >= 0.6 is 0 Å². The van der Waals surface area contributed by atoms with Gasteiger partial charge in [-0.3, -0.25) is 19.3 Å². The van der Waals surface area contributed by atoms with Crippen LogP contribution in [0.2, 0.25) is 0 Å². The average Bonchev–Trinajstić information content (AvgIpc) is 3.23. The Balaban J connectivity index is 1.96. The SMILES string of the molecule is C=CC(C)(C)C12CC3C(=O)NC(CC(C)C)C(=O)N3C1N(C(=O)CC)c1ccccc12. The highest BCUT2D eigenvalue weighted by Gasteiger charge is 2.69. The van der Waals surface area contributed by atoms with Crippen molar-refractivity contribution in [2.45, 2.75) is 77.5 Å². The molecule has 0 radical (unpaired) electrons. The van der Waals surface area contributed by atoms with Crippen LogP contribution in [0.25, 0.3) is 0 Å². The van der Waals surface area contributed by atoms with Crippen molar-refractivity contribution >= 4 is 23.4 Å². The summed E-state index contributed by atoms with van der Waals surface area (Å²) >= 11 is 0. The molecule has 31 heavy (non-hydrogen) atoms. The van der Waals surface area contributed by atoms with Crippen LogP contribution < -0.4 is 10.2 Å². The Morgan fingerprint density at radius 2 is 2.00 bits per heavy atom. The molecule has 0 spiro atoms. The normalized spacial score (nSPS) is 29.5. The zero-order chi connectivity index (χ0) is 22.7. The van der Waals surface area contributed by atoms with Crippen LogP contribution in [0.3, 0.4) is 0 Å². The quantitative estimate of drug-likeness (QED) is 0.739. The van der Waals surface area contributed by atoms with Gasteiger partial charge in [0, 0.05) is 17.5 Å². The molecule has 0 saturated carbocycles. The van der Waals surface area contributed by atoms with Gasteiger partial charge in [-0.15, -0.1) is 6.58 Å². The molecule has 0 aromatic heterocycles. The summed E-state index contributed by atoms with van der Waals surface area (Å²) in [5.41, 5.74) is 0.789. The van der Waals surface area contributed by atoms with Crippen LogP contribution in [-0.2, 0) is 19.8 Å². The minimum absolute atomic E-state index is 0.0426. The number of fused-ring (bicyclic) bond motifs is 5. The lowest BCUT2D eigenvalue weighted by atomic mass is 9.60. The lowest BCUT2D eigenvalue weighted by molar-refractivity contribution is -0.150. The Hall–Kier alpha value is -2.63. The van der Waals surface area contributed by atoms with E-state index in [9.17, 15) is 14.4 Å². The van der Waals surface area contributed by atoms with Crippen molar-refractivity contribution in [1.29, 1.82) is 0 Å². The predicted molar refractivity (Wildman–Crippen MR) is 120 cm³/mol. The molecule has 3 amide bonds. The smallest absolute Gasteiger partial charge is 0.247 e. The van der Waals surface area contributed by atoms with Crippen molar-refractivity contribution in [2.24, 2.45) is 11.3 Å². The lowest BCUT2D eigenvalue weighted by Gasteiger charge is -2.46. The maximum Gasteiger partial charge on any atom is 0.247 e. The molecule has 3 aliphatic heterocycles.